The lowest BCUT2D eigenvalue weighted by molar-refractivity contribution is -0.144. The highest BCUT2D eigenvalue weighted by molar-refractivity contribution is 7.14. The number of amides is 1. The number of nitrogens with zero attached hydrogens (tertiary/aromatic N) is 4. The minimum atomic E-state index is -0.352. The van der Waals surface area contributed by atoms with Crippen molar-refractivity contribution >= 4 is 45.6 Å². The zero-order chi connectivity index (χ0) is 22.9. The molecule has 164 valence electrons. The first kappa shape index (κ1) is 23.0. The Kier molecular flexibility index (Phi) is 6.81. The number of hydrogen-bond donors (Lipinski definition) is 0. The van der Waals surface area contributed by atoms with Gasteiger partial charge in [-0.25, -0.2) is 4.98 Å². The van der Waals surface area contributed by atoms with Crippen molar-refractivity contribution in [2.45, 2.75) is 47.6 Å². The Morgan fingerprint density at radius 2 is 1.94 bits per heavy atom. The number of thiazole rings is 1. The fourth-order valence-corrected chi connectivity index (χ4v) is 4.73. The predicted molar refractivity (Wildman–Crippen MR) is 122 cm³/mol. The van der Waals surface area contributed by atoms with Gasteiger partial charge in [0, 0.05) is 30.6 Å². The third-order valence-corrected chi connectivity index (χ3v) is 6.19. The van der Waals surface area contributed by atoms with E-state index in [4.69, 9.17) is 16.3 Å². The summed E-state index contributed by atoms with van der Waals surface area (Å²) in [5.74, 6) is -0.552. The average molecular weight is 461 g/mol. The van der Waals surface area contributed by atoms with Crippen LogP contribution in [0.1, 0.15) is 40.7 Å². The van der Waals surface area contributed by atoms with Gasteiger partial charge in [0.15, 0.2) is 5.13 Å². The van der Waals surface area contributed by atoms with Gasteiger partial charge in [0.2, 0.25) is 5.91 Å². The molecular weight excluding hydrogens is 436 g/mol. The number of esters is 1. The van der Waals surface area contributed by atoms with Crippen molar-refractivity contribution in [1.29, 1.82) is 0 Å². The number of rotatable bonds is 6. The van der Waals surface area contributed by atoms with Crippen LogP contribution in [0.4, 0.5) is 10.8 Å². The molecular formula is C22H25ClN4O3S. The number of benzene rings is 1. The van der Waals surface area contributed by atoms with Crippen LogP contribution in [-0.4, -0.2) is 26.6 Å². The molecule has 0 radical (unpaired) electrons. The summed E-state index contributed by atoms with van der Waals surface area (Å²) in [6.45, 7) is 9.14. The Hall–Kier alpha value is -2.71. The van der Waals surface area contributed by atoms with Crippen molar-refractivity contribution in [2.75, 3.05) is 4.90 Å². The SMILES string of the molecule is CC(=O)N(c1nc(COC(=O)Cc2c(C)nn(C)c2C)cs1)c1c(C)cc(C)cc1Cl. The summed E-state index contributed by atoms with van der Waals surface area (Å²) in [5.41, 5.74) is 5.70. The zero-order valence-corrected chi connectivity index (χ0v) is 20.0. The van der Waals surface area contributed by atoms with Crippen molar-refractivity contribution in [3.05, 3.63) is 56.3 Å². The summed E-state index contributed by atoms with van der Waals surface area (Å²) in [6.07, 6.45) is 0.153. The molecule has 0 aliphatic rings. The predicted octanol–water partition coefficient (Wildman–Crippen LogP) is 4.73. The Balaban J connectivity index is 1.74. The molecule has 2 heterocycles. The first-order valence-electron chi connectivity index (χ1n) is 9.75. The van der Waals surface area contributed by atoms with E-state index in [-0.39, 0.29) is 24.9 Å². The molecule has 31 heavy (non-hydrogen) atoms. The largest absolute Gasteiger partial charge is 0.459 e. The number of hydrogen-bond acceptors (Lipinski definition) is 6. The molecule has 0 fully saturated rings. The number of ether oxygens (including phenoxy) is 1. The van der Waals surface area contributed by atoms with E-state index >= 15 is 0 Å². The normalized spacial score (nSPS) is 10.9. The molecule has 0 unspecified atom stereocenters. The van der Waals surface area contributed by atoms with Crippen LogP contribution < -0.4 is 4.90 Å². The Labute approximate surface area is 190 Å². The smallest absolute Gasteiger partial charge is 0.310 e. The second-order valence-electron chi connectivity index (χ2n) is 7.50. The summed E-state index contributed by atoms with van der Waals surface area (Å²) in [7, 11) is 1.84. The average Bonchev–Trinajstić information content (AvgIpc) is 3.22. The highest BCUT2D eigenvalue weighted by atomic mass is 35.5. The van der Waals surface area contributed by atoms with Crippen molar-refractivity contribution in [3.8, 4) is 0 Å². The molecule has 7 nitrogen and oxygen atoms in total. The van der Waals surface area contributed by atoms with Gasteiger partial charge in [0.05, 0.1) is 28.5 Å². The third-order valence-electron chi connectivity index (χ3n) is 5.03. The van der Waals surface area contributed by atoms with Crippen LogP contribution in [0, 0.1) is 27.7 Å². The molecule has 0 aliphatic heterocycles. The molecule has 0 bridgehead atoms. The minimum Gasteiger partial charge on any atom is -0.459 e. The molecule has 1 aromatic carbocycles. The third kappa shape index (κ3) is 4.97. The van der Waals surface area contributed by atoms with Gasteiger partial charge >= 0.3 is 5.97 Å². The van der Waals surface area contributed by atoms with Crippen molar-refractivity contribution in [2.24, 2.45) is 7.05 Å². The van der Waals surface area contributed by atoms with Crippen LogP contribution >= 0.6 is 22.9 Å². The maximum atomic E-state index is 12.4. The van der Waals surface area contributed by atoms with Gasteiger partial charge < -0.3 is 4.74 Å². The Morgan fingerprint density at radius 1 is 1.23 bits per heavy atom. The molecule has 0 spiro atoms. The number of carbonyl (C=O) groups is 2. The lowest BCUT2D eigenvalue weighted by Gasteiger charge is -2.22. The molecule has 3 aromatic rings. The van der Waals surface area contributed by atoms with Gasteiger partial charge in [0.1, 0.15) is 6.61 Å². The fourth-order valence-electron chi connectivity index (χ4n) is 3.47. The van der Waals surface area contributed by atoms with Crippen LogP contribution in [0.3, 0.4) is 0 Å². The number of anilines is 2. The van der Waals surface area contributed by atoms with Crippen molar-refractivity contribution in [1.82, 2.24) is 14.8 Å². The standard InChI is InChI=1S/C22H25ClN4O3S/c1-12-7-13(2)21(19(23)8-12)27(16(5)28)22-24-17(11-31-22)10-30-20(29)9-18-14(3)25-26(6)15(18)4/h7-8,11H,9-10H2,1-6H3. The summed E-state index contributed by atoms with van der Waals surface area (Å²) < 4.78 is 7.16. The van der Waals surface area contributed by atoms with Crippen LogP contribution in [0.25, 0.3) is 0 Å². The first-order chi connectivity index (χ1) is 14.6. The highest BCUT2D eigenvalue weighted by Crippen LogP contribution is 2.37. The van der Waals surface area contributed by atoms with E-state index in [0.29, 0.717) is 21.5 Å². The van der Waals surface area contributed by atoms with Gasteiger partial charge in [-0.2, -0.15) is 5.10 Å². The summed E-state index contributed by atoms with van der Waals surface area (Å²) >= 11 is 7.74. The molecule has 0 saturated carbocycles. The second kappa shape index (κ2) is 9.20. The minimum absolute atomic E-state index is 0.0278. The van der Waals surface area contributed by atoms with E-state index < -0.39 is 0 Å². The molecule has 0 N–H and O–H groups in total. The van der Waals surface area contributed by atoms with E-state index in [0.717, 1.165) is 28.1 Å². The maximum Gasteiger partial charge on any atom is 0.310 e. The summed E-state index contributed by atoms with van der Waals surface area (Å²) in [6, 6.07) is 3.79. The molecule has 3 rings (SSSR count). The second-order valence-corrected chi connectivity index (χ2v) is 8.74. The number of halogens is 1. The fraction of sp³-hybridized carbons (Fsp3) is 0.364. The van der Waals surface area contributed by atoms with E-state index in [2.05, 4.69) is 10.1 Å². The summed E-state index contributed by atoms with van der Waals surface area (Å²) in [5, 5.41) is 7.06. The first-order valence-corrected chi connectivity index (χ1v) is 11.0. The lowest BCUT2D eigenvalue weighted by atomic mass is 10.1. The van der Waals surface area contributed by atoms with Crippen LogP contribution in [0.2, 0.25) is 5.02 Å². The molecule has 9 heteroatoms. The maximum absolute atomic E-state index is 12.4. The zero-order valence-electron chi connectivity index (χ0n) is 18.4. The number of carbonyl (C=O) groups excluding carboxylic acids is 2. The van der Waals surface area contributed by atoms with Gasteiger partial charge in [-0.3, -0.25) is 19.2 Å². The molecule has 0 aliphatic carbocycles. The van der Waals surface area contributed by atoms with Gasteiger partial charge in [-0.15, -0.1) is 11.3 Å². The summed E-state index contributed by atoms with van der Waals surface area (Å²) in [4.78, 5) is 30.7. The van der Waals surface area contributed by atoms with Gasteiger partial charge in [0.25, 0.3) is 0 Å². The monoisotopic (exact) mass is 460 g/mol. The topological polar surface area (TPSA) is 77.3 Å². The van der Waals surface area contributed by atoms with Gasteiger partial charge in [-0.05, 0) is 44.9 Å². The van der Waals surface area contributed by atoms with Crippen LogP contribution in [0.15, 0.2) is 17.5 Å². The van der Waals surface area contributed by atoms with Gasteiger partial charge in [-0.1, -0.05) is 17.7 Å². The van der Waals surface area contributed by atoms with Crippen LogP contribution in [0.5, 0.6) is 0 Å². The Morgan fingerprint density at radius 3 is 2.52 bits per heavy atom. The molecule has 0 saturated heterocycles. The lowest BCUT2D eigenvalue weighted by Crippen LogP contribution is -2.24. The van der Waals surface area contributed by atoms with E-state index in [1.165, 1.54) is 23.2 Å². The van der Waals surface area contributed by atoms with E-state index in [1.54, 1.807) is 10.1 Å². The quantitative estimate of drug-likeness (QED) is 0.497. The van der Waals surface area contributed by atoms with E-state index in [9.17, 15) is 9.59 Å². The highest BCUT2D eigenvalue weighted by Gasteiger charge is 2.23. The number of aromatic nitrogens is 3. The molecule has 2 aromatic heterocycles. The van der Waals surface area contributed by atoms with E-state index in [1.807, 2.05) is 46.9 Å². The molecule has 0 atom stereocenters. The van der Waals surface area contributed by atoms with Crippen molar-refractivity contribution < 1.29 is 14.3 Å². The number of aryl methyl sites for hydroxylation is 4. The van der Waals surface area contributed by atoms with Crippen molar-refractivity contribution in [3.63, 3.8) is 0 Å². The Bertz CT molecular complexity index is 1130. The molecule has 1 amide bonds. The van der Waals surface area contributed by atoms with Crippen LogP contribution in [-0.2, 0) is 34.4 Å².